The third kappa shape index (κ3) is 4.65. The first kappa shape index (κ1) is 23.1. The predicted octanol–water partition coefficient (Wildman–Crippen LogP) is 3.57. The number of benzene rings is 1. The van der Waals surface area contributed by atoms with Crippen molar-refractivity contribution in [3.63, 3.8) is 0 Å². The summed E-state index contributed by atoms with van der Waals surface area (Å²) in [5.41, 5.74) is 1.02. The standard InChI is InChI=1S/C23H33FN4O3S/c1-17(2)32(3,30)27-11-9-26(10-12-27)21-15-25-28(20-7-5-4-6-8-20)23(29)22(21)31-16-19-13-18(19)14-24/h4-8,15,17-19,30H,9-14,16H2,1-3H3. The molecule has 32 heavy (non-hydrogen) atoms. The highest BCUT2D eigenvalue weighted by Gasteiger charge is 2.38. The first-order chi connectivity index (χ1) is 15.3. The number of nitrogens with zero attached hydrogens (tertiary/aromatic N) is 4. The Balaban J connectivity index is 1.58. The van der Waals surface area contributed by atoms with Gasteiger partial charge in [0.2, 0.25) is 5.75 Å². The summed E-state index contributed by atoms with van der Waals surface area (Å²) < 4.78 is 33.4. The smallest absolute Gasteiger partial charge is 0.316 e. The van der Waals surface area contributed by atoms with Gasteiger partial charge in [-0.25, -0.2) is 4.31 Å². The topological polar surface area (TPSA) is 70.8 Å². The quantitative estimate of drug-likeness (QED) is 0.644. The normalized spacial score (nSPS) is 24.2. The number of aromatic nitrogens is 2. The molecule has 4 rings (SSSR count). The van der Waals surface area contributed by atoms with Crippen LogP contribution in [0.25, 0.3) is 5.69 Å². The molecule has 2 aromatic rings. The van der Waals surface area contributed by atoms with Crippen LogP contribution in [0.4, 0.5) is 10.1 Å². The number of ether oxygens (including phenoxy) is 1. The van der Waals surface area contributed by atoms with Gasteiger partial charge in [0.15, 0.2) is 0 Å². The zero-order valence-electron chi connectivity index (χ0n) is 19.0. The summed E-state index contributed by atoms with van der Waals surface area (Å²) in [4.78, 5) is 15.5. The first-order valence-corrected chi connectivity index (χ1v) is 13.2. The fourth-order valence-electron chi connectivity index (χ4n) is 4.03. The van der Waals surface area contributed by atoms with E-state index in [-0.39, 0.29) is 35.1 Å². The molecule has 2 fully saturated rings. The van der Waals surface area contributed by atoms with Gasteiger partial charge in [-0.15, -0.1) is 0 Å². The third-order valence-electron chi connectivity index (χ3n) is 6.62. The van der Waals surface area contributed by atoms with Gasteiger partial charge in [0, 0.05) is 37.7 Å². The summed E-state index contributed by atoms with van der Waals surface area (Å²) in [6.45, 7) is 6.82. The molecule has 0 radical (unpaired) electrons. The fourth-order valence-corrected chi connectivity index (χ4v) is 5.53. The van der Waals surface area contributed by atoms with Crippen molar-refractivity contribution in [2.75, 3.05) is 50.6 Å². The van der Waals surface area contributed by atoms with Gasteiger partial charge in [-0.3, -0.25) is 9.18 Å². The van der Waals surface area contributed by atoms with Gasteiger partial charge >= 0.3 is 5.56 Å². The van der Waals surface area contributed by atoms with Crippen molar-refractivity contribution in [3.05, 3.63) is 46.9 Å². The second-order valence-electron chi connectivity index (χ2n) is 8.99. The van der Waals surface area contributed by atoms with E-state index < -0.39 is 10.5 Å². The van der Waals surface area contributed by atoms with E-state index in [1.807, 2.05) is 50.4 Å². The van der Waals surface area contributed by atoms with Crippen LogP contribution in [0, 0.1) is 11.8 Å². The highest BCUT2D eigenvalue weighted by atomic mass is 32.3. The molecule has 1 aliphatic carbocycles. The van der Waals surface area contributed by atoms with Crippen LogP contribution < -0.4 is 15.2 Å². The van der Waals surface area contributed by atoms with E-state index in [0.717, 1.165) is 6.42 Å². The van der Waals surface area contributed by atoms with Gasteiger partial charge in [0.05, 0.1) is 25.2 Å². The lowest BCUT2D eigenvalue weighted by atomic mass is 10.3. The third-order valence-corrected chi connectivity index (χ3v) is 9.82. The van der Waals surface area contributed by atoms with E-state index in [1.54, 1.807) is 6.20 Å². The van der Waals surface area contributed by atoms with Crippen molar-refractivity contribution >= 4 is 16.2 Å². The minimum atomic E-state index is -1.83. The highest BCUT2D eigenvalue weighted by molar-refractivity contribution is 8.27. The summed E-state index contributed by atoms with van der Waals surface area (Å²) in [7, 11) is -1.83. The second-order valence-corrected chi connectivity index (χ2v) is 12.2. The maximum atomic E-state index is 13.4. The van der Waals surface area contributed by atoms with Gasteiger partial charge in [-0.1, -0.05) is 42.5 Å². The molecular weight excluding hydrogens is 431 g/mol. The Morgan fingerprint density at radius 3 is 2.47 bits per heavy atom. The number of hydrogen-bond donors (Lipinski definition) is 1. The molecule has 7 nitrogen and oxygen atoms in total. The Kier molecular flexibility index (Phi) is 6.78. The van der Waals surface area contributed by atoms with E-state index in [4.69, 9.17) is 4.74 Å². The second kappa shape index (κ2) is 9.41. The largest absolute Gasteiger partial charge is 0.486 e. The minimum absolute atomic E-state index is 0.0430. The fraction of sp³-hybridized carbons (Fsp3) is 0.565. The molecule has 1 saturated heterocycles. The van der Waals surface area contributed by atoms with Crippen LogP contribution >= 0.6 is 10.5 Å². The Morgan fingerprint density at radius 1 is 1.19 bits per heavy atom. The van der Waals surface area contributed by atoms with E-state index in [9.17, 15) is 13.7 Å². The predicted molar refractivity (Wildman–Crippen MR) is 128 cm³/mol. The lowest BCUT2D eigenvalue weighted by Crippen LogP contribution is -2.48. The Bertz CT molecular complexity index is 977. The summed E-state index contributed by atoms with van der Waals surface area (Å²) in [5, 5.41) is 4.61. The molecule has 9 heteroatoms. The average Bonchev–Trinajstić information content (AvgIpc) is 3.57. The van der Waals surface area contributed by atoms with Crippen LogP contribution in [0.15, 0.2) is 41.3 Å². The minimum Gasteiger partial charge on any atom is -0.486 e. The van der Waals surface area contributed by atoms with Crippen molar-refractivity contribution in [3.8, 4) is 11.4 Å². The number of alkyl halides is 1. The molecule has 0 spiro atoms. The van der Waals surface area contributed by atoms with Crippen LogP contribution in [-0.2, 0) is 0 Å². The maximum Gasteiger partial charge on any atom is 0.316 e. The van der Waals surface area contributed by atoms with Gasteiger partial charge in [0.25, 0.3) is 0 Å². The number of piperazine rings is 1. The molecule has 1 aromatic heterocycles. The highest BCUT2D eigenvalue weighted by Crippen LogP contribution is 2.48. The molecule has 1 aromatic carbocycles. The molecular formula is C23H33FN4O3S. The average molecular weight is 465 g/mol. The number of anilines is 1. The molecule has 3 unspecified atom stereocenters. The summed E-state index contributed by atoms with van der Waals surface area (Å²) in [5.74, 6) is 0.471. The van der Waals surface area contributed by atoms with Crippen LogP contribution in [0.1, 0.15) is 20.3 Å². The molecule has 1 aliphatic heterocycles. The Labute approximate surface area is 190 Å². The molecule has 3 atom stereocenters. The monoisotopic (exact) mass is 464 g/mol. The molecule has 1 saturated carbocycles. The Hall–Kier alpha value is -2.10. The number of rotatable bonds is 8. The molecule has 0 amide bonds. The van der Waals surface area contributed by atoms with E-state index in [2.05, 4.69) is 14.3 Å². The van der Waals surface area contributed by atoms with Gasteiger partial charge in [-0.05, 0) is 30.4 Å². The maximum absolute atomic E-state index is 13.4. The lowest BCUT2D eigenvalue weighted by molar-refractivity contribution is 0.278. The van der Waals surface area contributed by atoms with Crippen molar-refractivity contribution in [2.24, 2.45) is 11.8 Å². The van der Waals surface area contributed by atoms with Crippen LogP contribution in [0.2, 0.25) is 0 Å². The molecule has 2 heterocycles. The van der Waals surface area contributed by atoms with E-state index in [1.165, 1.54) is 4.68 Å². The van der Waals surface area contributed by atoms with Crippen molar-refractivity contribution < 1.29 is 13.7 Å². The van der Waals surface area contributed by atoms with Crippen molar-refractivity contribution in [1.82, 2.24) is 14.1 Å². The van der Waals surface area contributed by atoms with Crippen LogP contribution in [-0.4, -0.2) is 69.6 Å². The van der Waals surface area contributed by atoms with Gasteiger partial charge < -0.3 is 14.2 Å². The van der Waals surface area contributed by atoms with E-state index in [0.29, 0.717) is 44.2 Å². The van der Waals surface area contributed by atoms with Crippen LogP contribution in [0.5, 0.6) is 5.75 Å². The van der Waals surface area contributed by atoms with Crippen molar-refractivity contribution in [1.29, 1.82) is 0 Å². The Morgan fingerprint density at radius 2 is 1.88 bits per heavy atom. The first-order valence-electron chi connectivity index (χ1n) is 11.2. The van der Waals surface area contributed by atoms with Crippen LogP contribution in [0.3, 0.4) is 0 Å². The molecule has 0 bridgehead atoms. The summed E-state index contributed by atoms with van der Waals surface area (Å²) >= 11 is 0. The summed E-state index contributed by atoms with van der Waals surface area (Å²) in [6, 6.07) is 9.26. The number of hydrogen-bond acceptors (Lipinski definition) is 6. The lowest BCUT2D eigenvalue weighted by Gasteiger charge is -2.48. The SMILES string of the molecule is CC(C)S(C)(O)N1CCN(c2cnn(-c3ccccc3)c(=O)c2OCC2CC2CF)CC1. The van der Waals surface area contributed by atoms with E-state index >= 15 is 0 Å². The van der Waals surface area contributed by atoms with Gasteiger partial charge in [0.1, 0.15) is 5.69 Å². The summed E-state index contributed by atoms with van der Waals surface area (Å²) in [6.07, 6.45) is 4.42. The molecule has 176 valence electrons. The molecule has 2 aliphatic rings. The zero-order chi connectivity index (χ0) is 22.9. The number of para-hydroxylation sites is 1. The zero-order valence-corrected chi connectivity index (χ0v) is 19.8. The van der Waals surface area contributed by atoms with Crippen molar-refractivity contribution in [2.45, 2.75) is 25.5 Å². The molecule has 1 N–H and O–H groups in total. The van der Waals surface area contributed by atoms with Gasteiger partial charge in [-0.2, -0.15) is 9.78 Å². The number of halogens is 1.